The molecule has 1 aliphatic carbocycles. The second-order valence-electron chi connectivity index (χ2n) is 7.76. The molecule has 124 valence electrons. The molecule has 2 unspecified atom stereocenters. The molecule has 6 rings (SSSR count). The van der Waals surface area contributed by atoms with E-state index in [2.05, 4.69) is 10.2 Å². The van der Waals surface area contributed by atoms with Gasteiger partial charge in [0.15, 0.2) is 0 Å². The van der Waals surface area contributed by atoms with Crippen LogP contribution in [0.3, 0.4) is 0 Å². The highest BCUT2D eigenvalue weighted by atomic mass is 16.3. The summed E-state index contributed by atoms with van der Waals surface area (Å²) in [5, 5.41) is 15.5. The van der Waals surface area contributed by atoms with Crippen LogP contribution < -0.4 is 5.32 Å². The number of fused-ring (bicyclic) bond motifs is 1. The Labute approximate surface area is 141 Å². The number of aromatic hydroxyl groups is 1. The summed E-state index contributed by atoms with van der Waals surface area (Å²) in [7, 11) is 0. The number of phenolic OH excluding ortho intramolecular Hbond substituents is 1. The molecule has 0 radical (unpaired) electrons. The molecule has 3 aliphatic heterocycles. The Hall–Kier alpha value is -2.07. The highest BCUT2D eigenvalue weighted by Crippen LogP contribution is 2.43. The zero-order valence-corrected chi connectivity index (χ0v) is 13.6. The number of benzene rings is 2. The Morgan fingerprint density at radius 2 is 1.79 bits per heavy atom. The van der Waals surface area contributed by atoms with E-state index in [1.54, 1.807) is 6.07 Å². The molecule has 4 aliphatic rings. The predicted octanol–water partition coefficient (Wildman–Crippen LogP) is 2.62. The van der Waals surface area contributed by atoms with Crippen molar-refractivity contribution in [1.29, 1.82) is 0 Å². The fourth-order valence-corrected chi connectivity index (χ4v) is 5.31. The first-order chi connectivity index (χ1) is 11.7. The summed E-state index contributed by atoms with van der Waals surface area (Å²) in [5.41, 5.74) is 0.391. The van der Waals surface area contributed by atoms with Crippen LogP contribution in [-0.4, -0.2) is 41.6 Å². The van der Waals surface area contributed by atoms with Crippen LogP contribution >= 0.6 is 0 Å². The zero-order chi connectivity index (χ0) is 16.3. The van der Waals surface area contributed by atoms with Gasteiger partial charge in [0.1, 0.15) is 5.75 Å². The molecule has 0 spiro atoms. The number of carbonyl (C=O) groups is 1. The molecule has 1 amide bonds. The third-order valence-corrected chi connectivity index (χ3v) is 6.23. The molecule has 24 heavy (non-hydrogen) atoms. The number of nitrogens with zero attached hydrogens (tertiary/aromatic N) is 1. The minimum absolute atomic E-state index is 0.0955. The molecule has 2 atom stereocenters. The van der Waals surface area contributed by atoms with Crippen molar-refractivity contribution in [2.75, 3.05) is 19.6 Å². The summed E-state index contributed by atoms with van der Waals surface area (Å²) in [6.45, 7) is 3.47. The van der Waals surface area contributed by atoms with E-state index in [0.717, 1.165) is 29.8 Å². The maximum absolute atomic E-state index is 12.8. The smallest absolute Gasteiger partial charge is 0.255 e. The number of hydrogen-bond acceptors (Lipinski definition) is 3. The lowest BCUT2D eigenvalue weighted by Crippen LogP contribution is -2.64. The molecule has 3 saturated heterocycles. The molecule has 3 heterocycles. The van der Waals surface area contributed by atoms with Crippen LogP contribution in [0.25, 0.3) is 10.8 Å². The van der Waals surface area contributed by atoms with Gasteiger partial charge in [-0.1, -0.05) is 30.3 Å². The molecular formula is C20H22N2O2. The van der Waals surface area contributed by atoms with E-state index in [4.69, 9.17) is 0 Å². The lowest BCUT2D eigenvalue weighted by molar-refractivity contribution is -0.0418. The fourth-order valence-electron chi connectivity index (χ4n) is 5.31. The molecule has 4 heteroatoms. The number of phenols is 1. The van der Waals surface area contributed by atoms with Crippen molar-refractivity contribution in [2.45, 2.75) is 18.9 Å². The van der Waals surface area contributed by atoms with E-state index in [1.807, 2.05) is 30.3 Å². The van der Waals surface area contributed by atoms with Crippen molar-refractivity contribution < 1.29 is 9.90 Å². The maximum Gasteiger partial charge on any atom is 0.255 e. The first-order valence-corrected chi connectivity index (χ1v) is 8.93. The van der Waals surface area contributed by atoms with E-state index >= 15 is 0 Å². The molecule has 2 aromatic carbocycles. The third-order valence-electron chi connectivity index (χ3n) is 6.23. The highest BCUT2D eigenvalue weighted by Gasteiger charge is 2.47. The van der Waals surface area contributed by atoms with Crippen LogP contribution in [0, 0.1) is 17.8 Å². The van der Waals surface area contributed by atoms with Crippen LogP contribution in [-0.2, 0) is 0 Å². The van der Waals surface area contributed by atoms with Crippen molar-refractivity contribution in [3.63, 3.8) is 0 Å². The number of nitrogens with one attached hydrogen (secondary N) is 1. The van der Waals surface area contributed by atoms with Crippen molar-refractivity contribution in [3.05, 3.63) is 42.0 Å². The van der Waals surface area contributed by atoms with Gasteiger partial charge in [0.2, 0.25) is 0 Å². The first-order valence-electron chi connectivity index (χ1n) is 8.93. The van der Waals surface area contributed by atoms with Gasteiger partial charge in [-0.25, -0.2) is 0 Å². The zero-order valence-electron chi connectivity index (χ0n) is 13.6. The Morgan fingerprint density at radius 3 is 2.54 bits per heavy atom. The Kier molecular flexibility index (Phi) is 3.10. The Balaban J connectivity index is 1.42. The average molecular weight is 322 g/mol. The third kappa shape index (κ3) is 2.13. The van der Waals surface area contributed by atoms with Crippen LogP contribution in [0.1, 0.15) is 23.2 Å². The quantitative estimate of drug-likeness (QED) is 0.894. The van der Waals surface area contributed by atoms with Gasteiger partial charge in [0.05, 0.1) is 5.56 Å². The van der Waals surface area contributed by atoms with Gasteiger partial charge in [0, 0.05) is 31.1 Å². The molecule has 0 aromatic heterocycles. The minimum Gasteiger partial charge on any atom is -0.506 e. The van der Waals surface area contributed by atoms with Gasteiger partial charge in [-0.15, -0.1) is 0 Å². The van der Waals surface area contributed by atoms with Crippen LogP contribution in [0.2, 0.25) is 0 Å². The second kappa shape index (κ2) is 5.21. The molecule has 4 bridgehead atoms. The maximum atomic E-state index is 12.8. The Morgan fingerprint density at radius 1 is 1.04 bits per heavy atom. The van der Waals surface area contributed by atoms with E-state index in [-0.39, 0.29) is 17.7 Å². The molecule has 1 saturated carbocycles. The SMILES string of the molecule is O=C(NC1C2CC3CC1CN(C3)C2)c1ccc2ccccc2c1O. The summed E-state index contributed by atoms with van der Waals surface area (Å²) < 4.78 is 0. The monoisotopic (exact) mass is 322 g/mol. The van der Waals surface area contributed by atoms with Gasteiger partial charge in [-0.05, 0) is 42.0 Å². The average Bonchev–Trinajstić information content (AvgIpc) is 2.58. The molecule has 4 fully saturated rings. The van der Waals surface area contributed by atoms with Crippen LogP contribution in [0.15, 0.2) is 36.4 Å². The topological polar surface area (TPSA) is 52.6 Å². The van der Waals surface area contributed by atoms with Crippen molar-refractivity contribution >= 4 is 16.7 Å². The van der Waals surface area contributed by atoms with Gasteiger partial charge >= 0.3 is 0 Å². The summed E-state index contributed by atoms with van der Waals surface area (Å²) in [5.74, 6) is 1.93. The number of rotatable bonds is 2. The first kappa shape index (κ1) is 14.3. The minimum atomic E-state index is -0.134. The molecule has 2 aromatic rings. The standard InChI is InChI=1S/C20H22N2O2/c23-19-16-4-2-1-3-13(16)5-6-17(19)20(24)21-18-14-7-12-8-15(18)11-22(9-12)10-14/h1-6,12,14-15,18,23H,7-11H2,(H,21,24). The van der Waals surface area contributed by atoms with Crippen LogP contribution in [0.5, 0.6) is 5.75 Å². The van der Waals surface area contributed by atoms with Crippen LogP contribution in [0.4, 0.5) is 0 Å². The van der Waals surface area contributed by atoms with Crippen molar-refractivity contribution in [2.24, 2.45) is 17.8 Å². The van der Waals surface area contributed by atoms with E-state index in [1.165, 1.54) is 19.4 Å². The van der Waals surface area contributed by atoms with Gasteiger partial charge in [-0.2, -0.15) is 0 Å². The number of hydrogen-bond donors (Lipinski definition) is 2. The van der Waals surface area contributed by atoms with Crippen molar-refractivity contribution in [3.8, 4) is 5.75 Å². The van der Waals surface area contributed by atoms with E-state index < -0.39 is 0 Å². The van der Waals surface area contributed by atoms with E-state index in [9.17, 15) is 9.90 Å². The Bertz CT molecular complexity index is 788. The predicted molar refractivity (Wildman–Crippen MR) is 93.0 cm³/mol. The summed E-state index contributed by atoms with van der Waals surface area (Å²) in [6.07, 6.45) is 2.48. The lowest BCUT2D eigenvalue weighted by atomic mass is 9.65. The normalized spacial score (nSPS) is 33.8. The van der Waals surface area contributed by atoms with Crippen molar-refractivity contribution in [1.82, 2.24) is 10.2 Å². The number of carbonyl (C=O) groups excluding carboxylic acids is 1. The number of piperidine rings is 3. The lowest BCUT2D eigenvalue weighted by Gasteiger charge is -2.55. The van der Waals surface area contributed by atoms with Gasteiger partial charge < -0.3 is 15.3 Å². The second-order valence-corrected chi connectivity index (χ2v) is 7.76. The number of amides is 1. The van der Waals surface area contributed by atoms with Gasteiger partial charge in [-0.3, -0.25) is 4.79 Å². The fraction of sp³-hybridized carbons (Fsp3) is 0.450. The molecule has 2 N–H and O–H groups in total. The van der Waals surface area contributed by atoms with E-state index in [0.29, 0.717) is 17.4 Å². The summed E-state index contributed by atoms with van der Waals surface area (Å²) in [4.78, 5) is 15.4. The summed E-state index contributed by atoms with van der Waals surface area (Å²) in [6, 6.07) is 11.5. The van der Waals surface area contributed by atoms with Gasteiger partial charge in [0.25, 0.3) is 5.91 Å². The largest absolute Gasteiger partial charge is 0.506 e. The summed E-state index contributed by atoms with van der Waals surface area (Å²) >= 11 is 0. The molecule has 4 nitrogen and oxygen atoms in total. The highest BCUT2D eigenvalue weighted by molar-refractivity contribution is 6.03. The molecular weight excluding hydrogens is 300 g/mol.